The lowest BCUT2D eigenvalue weighted by atomic mass is 10.3. The Balaban J connectivity index is 2.19. The number of aryl methyl sites for hydroxylation is 1. The molecule has 5 heteroatoms. The smallest absolute Gasteiger partial charge is 0.221 e. The summed E-state index contributed by atoms with van der Waals surface area (Å²) < 4.78 is 0. The molecular formula is C12H21N3OS. The summed E-state index contributed by atoms with van der Waals surface area (Å²) in [5, 5.41) is 7.07. The molecule has 0 atom stereocenters. The molecule has 1 heterocycles. The van der Waals surface area contributed by atoms with Gasteiger partial charge in [-0.25, -0.2) is 4.98 Å². The largest absolute Gasteiger partial charge is 0.350 e. The number of rotatable bonds is 7. The lowest BCUT2D eigenvalue weighted by Gasteiger charge is -2.07. The molecule has 0 aromatic carbocycles. The number of thiazole rings is 1. The average molecular weight is 255 g/mol. The predicted octanol–water partition coefficient (Wildman–Crippen LogP) is 1.71. The highest BCUT2D eigenvalue weighted by atomic mass is 32.1. The van der Waals surface area contributed by atoms with Gasteiger partial charge in [0.05, 0.1) is 6.54 Å². The molecule has 0 aliphatic heterocycles. The van der Waals surface area contributed by atoms with Crippen LogP contribution in [-0.2, 0) is 17.8 Å². The van der Waals surface area contributed by atoms with Gasteiger partial charge in [-0.1, -0.05) is 20.8 Å². The van der Waals surface area contributed by atoms with Gasteiger partial charge in [-0.15, -0.1) is 11.3 Å². The molecule has 0 unspecified atom stereocenters. The van der Waals surface area contributed by atoms with Crippen molar-refractivity contribution in [3.63, 3.8) is 0 Å². The number of carbonyl (C=O) groups excluding carboxylic acids is 1. The fourth-order valence-corrected chi connectivity index (χ4v) is 2.13. The highest BCUT2D eigenvalue weighted by Gasteiger charge is 2.04. The van der Waals surface area contributed by atoms with Crippen molar-refractivity contribution in [2.45, 2.75) is 46.2 Å². The monoisotopic (exact) mass is 255 g/mol. The maximum absolute atomic E-state index is 11.5. The zero-order chi connectivity index (χ0) is 12.7. The molecule has 96 valence electrons. The number of amides is 1. The minimum atomic E-state index is 0.0754. The Kier molecular flexibility index (Phi) is 6.15. The Morgan fingerprint density at radius 1 is 1.53 bits per heavy atom. The molecule has 4 nitrogen and oxygen atoms in total. The third-order valence-electron chi connectivity index (χ3n) is 2.29. The van der Waals surface area contributed by atoms with E-state index in [1.54, 1.807) is 11.3 Å². The van der Waals surface area contributed by atoms with Gasteiger partial charge in [-0.2, -0.15) is 0 Å². The molecule has 0 saturated heterocycles. The molecule has 0 fully saturated rings. The second kappa shape index (κ2) is 7.40. The lowest BCUT2D eigenvalue weighted by Crippen LogP contribution is -2.30. The summed E-state index contributed by atoms with van der Waals surface area (Å²) in [5.74, 6) is 0.0754. The first-order valence-corrected chi connectivity index (χ1v) is 6.87. The normalized spacial score (nSPS) is 10.8. The molecule has 2 N–H and O–H groups in total. The van der Waals surface area contributed by atoms with E-state index in [9.17, 15) is 4.79 Å². The Morgan fingerprint density at radius 2 is 2.29 bits per heavy atom. The van der Waals surface area contributed by atoms with Gasteiger partial charge in [0.25, 0.3) is 0 Å². The Hall–Kier alpha value is -0.940. The van der Waals surface area contributed by atoms with E-state index in [1.165, 1.54) is 4.88 Å². The van der Waals surface area contributed by atoms with Crippen molar-refractivity contribution in [2.24, 2.45) is 0 Å². The molecule has 1 aromatic heterocycles. The average Bonchev–Trinajstić information content (AvgIpc) is 2.73. The number of hydrogen-bond donors (Lipinski definition) is 2. The third kappa shape index (κ3) is 5.79. The Bertz CT molecular complexity index is 349. The van der Waals surface area contributed by atoms with Crippen LogP contribution in [0.25, 0.3) is 0 Å². The van der Waals surface area contributed by atoms with Gasteiger partial charge in [0, 0.05) is 30.1 Å². The summed E-state index contributed by atoms with van der Waals surface area (Å²) in [4.78, 5) is 17.0. The Labute approximate surface area is 107 Å². The van der Waals surface area contributed by atoms with Crippen LogP contribution in [0.1, 0.15) is 37.1 Å². The summed E-state index contributed by atoms with van der Waals surface area (Å²) in [5.41, 5.74) is 0. The van der Waals surface area contributed by atoms with E-state index in [-0.39, 0.29) is 5.91 Å². The molecule has 0 spiro atoms. The summed E-state index contributed by atoms with van der Waals surface area (Å²) in [7, 11) is 0. The van der Waals surface area contributed by atoms with Crippen LogP contribution in [0, 0.1) is 0 Å². The topological polar surface area (TPSA) is 54.0 Å². The van der Waals surface area contributed by atoms with E-state index < -0.39 is 0 Å². The summed E-state index contributed by atoms with van der Waals surface area (Å²) >= 11 is 1.66. The summed E-state index contributed by atoms with van der Waals surface area (Å²) in [6, 6.07) is 0.425. The second-order valence-electron chi connectivity index (χ2n) is 4.21. The van der Waals surface area contributed by atoms with Gasteiger partial charge in [-0.05, 0) is 6.42 Å². The number of aromatic nitrogens is 1. The fourth-order valence-electron chi connectivity index (χ4n) is 1.33. The van der Waals surface area contributed by atoms with Gasteiger partial charge < -0.3 is 10.6 Å². The van der Waals surface area contributed by atoms with Crippen LogP contribution in [0.2, 0.25) is 0 Å². The minimum absolute atomic E-state index is 0.0754. The van der Waals surface area contributed by atoms with E-state index in [4.69, 9.17) is 0 Å². The van der Waals surface area contributed by atoms with Crippen molar-refractivity contribution in [3.05, 3.63) is 16.1 Å². The second-order valence-corrected chi connectivity index (χ2v) is 5.41. The van der Waals surface area contributed by atoms with Crippen LogP contribution in [0.3, 0.4) is 0 Å². The quantitative estimate of drug-likeness (QED) is 0.780. The zero-order valence-corrected chi connectivity index (χ0v) is 11.6. The minimum Gasteiger partial charge on any atom is -0.350 e. The first-order valence-electron chi connectivity index (χ1n) is 6.05. The van der Waals surface area contributed by atoms with Crippen molar-refractivity contribution in [1.82, 2.24) is 15.6 Å². The number of carbonyl (C=O) groups is 1. The van der Waals surface area contributed by atoms with Crippen molar-refractivity contribution >= 4 is 17.2 Å². The van der Waals surface area contributed by atoms with Gasteiger partial charge in [0.1, 0.15) is 5.01 Å². The lowest BCUT2D eigenvalue weighted by molar-refractivity contribution is -0.121. The third-order valence-corrected chi connectivity index (χ3v) is 3.43. The molecular weight excluding hydrogens is 234 g/mol. The van der Waals surface area contributed by atoms with Crippen LogP contribution >= 0.6 is 11.3 Å². The van der Waals surface area contributed by atoms with Crippen LogP contribution in [0.4, 0.5) is 0 Å². The molecule has 1 aromatic rings. The Morgan fingerprint density at radius 3 is 2.88 bits per heavy atom. The van der Waals surface area contributed by atoms with Crippen LogP contribution in [0.5, 0.6) is 0 Å². The SMILES string of the molecule is CCc1cnc(CNC(=O)CCNC(C)C)s1. The maximum atomic E-state index is 11.5. The van der Waals surface area contributed by atoms with Crippen LogP contribution in [-0.4, -0.2) is 23.5 Å². The maximum Gasteiger partial charge on any atom is 0.221 e. The fraction of sp³-hybridized carbons (Fsp3) is 0.667. The molecule has 1 rings (SSSR count). The first kappa shape index (κ1) is 14.1. The molecule has 17 heavy (non-hydrogen) atoms. The van der Waals surface area contributed by atoms with Crippen LogP contribution in [0.15, 0.2) is 6.20 Å². The summed E-state index contributed by atoms with van der Waals surface area (Å²) in [6.07, 6.45) is 3.40. The van der Waals surface area contributed by atoms with Crippen molar-refractivity contribution in [1.29, 1.82) is 0 Å². The molecule has 0 saturated carbocycles. The number of nitrogens with one attached hydrogen (secondary N) is 2. The van der Waals surface area contributed by atoms with Crippen molar-refractivity contribution in [3.8, 4) is 0 Å². The van der Waals surface area contributed by atoms with E-state index in [0.717, 1.165) is 18.0 Å². The zero-order valence-electron chi connectivity index (χ0n) is 10.7. The molecule has 0 bridgehead atoms. The summed E-state index contributed by atoms with van der Waals surface area (Å²) in [6.45, 7) is 7.51. The highest BCUT2D eigenvalue weighted by molar-refractivity contribution is 7.11. The van der Waals surface area contributed by atoms with Crippen molar-refractivity contribution in [2.75, 3.05) is 6.54 Å². The van der Waals surface area contributed by atoms with Crippen molar-refractivity contribution < 1.29 is 4.79 Å². The molecule has 0 aliphatic carbocycles. The number of nitrogens with zero attached hydrogens (tertiary/aromatic N) is 1. The van der Waals surface area contributed by atoms with E-state index in [1.807, 2.05) is 6.20 Å². The predicted molar refractivity (Wildman–Crippen MR) is 71.1 cm³/mol. The van der Waals surface area contributed by atoms with Crippen LogP contribution < -0.4 is 10.6 Å². The van der Waals surface area contributed by atoms with E-state index in [0.29, 0.717) is 19.0 Å². The van der Waals surface area contributed by atoms with E-state index >= 15 is 0 Å². The van der Waals surface area contributed by atoms with Gasteiger partial charge in [-0.3, -0.25) is 4.79 Å². The highest BCUT2D eigenvalue weighted by Crippen LogP contribution is 2.12. The first-order chi connectivity index (χ1) is 8.11. The molecule has 0 radical (unpaired) electrons. The molecule has 0 aliphatic rings. The number of hydrogen-bond acceptors (Lipinski definition) is 4. The van der Waals surface area contributed by atoms with Gasteiger partial charge >= 0.3 is 0 Å². The molecule has 1 amide bonds. The van der Waals surface area contributed by atoms with E-state index in [2.05, 4.69) is 36.4 Å². The van der Waals surface area contributed by atoms with Gasteiger partial charge in [0.2, 0.25) is 5.91 Å². The standard InChI is InChI=1S/C12H21N3OS/c1-4-10-7-15-12(17-10)8-14-11(16)5-6-13-9(2)3/h7,9,13H,4-6,8H2,1-3H3,(H,14,16). The van der Waals surface area contributed by atoms with Gasteiger partial charge in [0.15, 0.2) is 0 Å².